The Balaban J connectivity index is 1.57. The molecule has 4 rings (SSSR count). The third-order valence-corrected chi connectivity index (χ3v) is 4.68. The molecule has 1 aliphatic carbocycles. The highest BCUT2D eigenvalue weighted by atomic mass is 16.2. The molecule has 1 aromatic heterocycles. The van der Waals surface area contributed by atoms with E-state index in [1.165, 1.54) is 6.42 Å². The van der Waals surface area contributed by atoms with Crippen LogP contribution >= 0.6 is 0 Å². The smallest absolute Gasteiger partial charge is 0.255 e. The van der Waals surface area contributed by atoms with Crippen LogP contribution in [0.1, 0.15) is 19.3 Å². The minimum atomic E-state index is -0.111. The maximum atomic E-state index is 12.4. The normalized spacial score (nSPS) is 27.1. The number of benzene rings is 1. The molecule has 1 aliphatic heterocycles. The second kappa shape index (κ2) is 4.70. The molecule has 0 spiro atoms. The quantitative estimate of drug-likeness (QED) is 0.784. The summed E-state index contributed by atoms with van der Waals surface area (Å²) in [7, 11) is 0. The van der Waals surface area contributed by atoms with Crippen LogP contribution in [0.15, 0.2) is 35.3 Å². The molecule has 1 saturated heterocycles. The predicted molar refractivity (Wildman–Crippen MR) is 81.3 cm³/mol. The van der Waals surface area contributed by atoms with Gasteiger partial charge in [0.15, 0.2) is 0 Å². The van der Waals surface area contributed by atoms with Crippen LogP contribution in [-0.4, -0.2) is 23.0 Å². The molecule has 1 saturated carbocycles. The van der Waals surface area contributed by atoms with Gasteiger partial charge in [-0.25, -0.2) is 0 Å². The van der Waals surface area contributed by atoms with Crippen molar-refractivity contribution in [2.75, 3.05) is 5.32 Å². The number of hydrogen-bond acceptors (Lipinski definition) is 3. The van der Waals surface area contributed by atoms with Crippen molar-refractivity contribution in [1.29, 1.82) is 0 Å². The molecule has 5 nitrogen and oxygen atoms in total. The van der Waals surface area contributed by atoms with E-state index in [9.17, 15) is 9.59 Å². The van der Waals surface area contributed by atoms with Gasteiger partial charge in [0, 0.05) is 23.3 Å². The van der Waals surface area contributed by atoms with Crippen LogP contribution in [0.2, 0.25) is 0 Å². The van der Waals surface area contributed by atoms with Gasteiger partial charge in [-0.3, -0.25) is 9.59 Å². The predicted octanol–water partition coefficient (Wildman–Crippen LogP) is 1.61. The van der Waals surface area contributed by atoms with Crippen molar-refractivity contribution < 1.29 is 4.79 Å². The van der Waals surface area contributed by atoms with Crippen LogP contribution < -0.4 is 16.2 Å². The Morgan fingerprint density at radius 3 is 2.90 bits per heavy atom. The van der Waals surface area contributed by atoms with E-state index in [4.69, 9.17) is 0 Å². The average Bonchev–Trinajstić information content (AvgIpc) is 3.10. The largest absolute Gasteiger partial charge is 0.329 e. The number of aromatic amines is 1. The number of fused-ring (bicyclic) bond motifs is 3. The zero-order valence-corrected chi connectivity index (χ0v) is 11.6. The Morgan fingerprint density at radius 1 is 1.24 bits per heavy atom. The monoisotopic (exact) mass is 283 g/mol. The molecule has 3 atom stereocenters. The molecule has 2 fully saturated rings. The molecule has 2 heterocycles. The lowest BCUT2D eigenvalue weighted by Crippen LogP contribution is -2.44. The van der Waals surface area contributed by atoms with Gasteiger partial charge in [0.25, 0.3) is 5.56 Å². The Kier molecular flexibility index (Phi) is 2.82. The fourth-order valence-corrected chi connectivity index (χ4v) is 3.64. The van der Waals surface area contributed by atoms with Crippen molar-refractivity contribution in [1.82, 2.24) is 10.3 Å². The second-order valence-corrected chi connectivity index (χ2v) is 6.01. The van der Waals surface area contributed by atoms with Crippen LogP contribution in [0.3, 0.4) is 0 Å². The Labute approximate surface area is 121 Å². The number of aromatic nitrogens is 1. The highest BCUT2D eigenvalue weighted by molar-refractivity contribution is 5.97. The minimum Gasteiger partial charge on any atom is -0.329 e. The van der Waals surface area contributed by atoms with Crippen molar-refractivity contribution in [2.24, 2.45) is 5.92 Å². The van der Waals surface area contributed by atoms with E-state index in [1.54, 1.807) is 18.3 Å². The summed E-state index contributed by atoms with van der Waals surface area (Å²) in [5.74, 6) is 0.504. The lowest BCUT2D eigenvalue weighted by Gasteiger charge is -2.22. The summed E-state index contributed by atoms with van der Waals surface area (Å²) in [5, 5.41) is 7.82. The number of amides is 1. The van der Waals surface area contributed by atoms with Crippen molar-refractivity contribution in [3.63, 3.8) is 0 Å². The zero-order valence-electron chi connectivity index (χ0n) is 11.6. The van der Waals surface area contributed by atoms with Gasteiger partial charge >= 0.3 is 0 Å². The van der Waals surface area contributed by atoms with Gasteiger partial charge in [0.05, 0.1) is 6.04 Å². The third kappa shape index (κ3) is 2.14. The van der Waals surface area contributed by atoms with Crippen LogP contribution in [0, 0.1) is 5.92 Å². The number of rotatable bonds is 2. The number of hydrogen-bond donors (Lipinski definition) is 3. The highest BCUT2D eigenvalue weighted by Gasteiger charge is 2.42. The van der Waals surface area contributed by atoms with Gasteiger partial charge in [0.2, 0.25) is 5.91 Å². The first kappa shape index (κ1) is 12.6. The zero-order chi connectivity index (χ0) is 14.4. The van der Waals surface area contributed by atoms with E-state index in [2.05, 4.69) is 15.6 Å². The number of nitrogens with one attached hydrogen (secondary N) is 3. The Morgan fingerprint density at radius 2 is 2.14 bits per heavy atom. The van der Waals surface area contributed by atoms with E-state index in [0.717, 1.165) is 23.9 Å². The maximum absolute atomic E-state index is 12.4. The summed E-state index contributed by atoms with van der Waals surface area (Å²) in [5.41, 5.74) is 0.628. The molecule has 5 heteroatoms. The molecule has 3 N–H and O–H groups in total. The molecule has 1 aromatic carbocycles. The Bertz CT molecular complexity index is 767. The molecular formula is C16H17N3O2. The number of carbonyl (C=O) groups is 1. The third-order valence-electron chi connectivity index (χ3n) is 4.68. The summed E-state index contributed by atoms with van der Waals surface area (Å²) in [6, 6.07) is 7.65. The van der Waals surface area contributed by atoms with Crippen LogP contribution in [-0.2, 0) is 4.79 Å². The summed E-state index contributed by atoms with van der Waals surface area (Å²) in [6.07, 6.45) is 5.06. The van der Waals surface area contributed by atoms with Crippen LogP contribution in [0.5, 0.6) is 0 Å². The first-order chi connectivity index (χ1) is 10.2. The molecule has 0 unspecified atom stereocenters. The van der Waals surface area contributed by atoms with E-state index in [1.807, 2.05) is 12.1 Å². The van der Waals surface area contributed by atoms with Gasteiger partial charge in [-0.2, -0.15) is 0 Å². The summed E-state index contributed by atoms with van der Waals surface area (Å²) < 4.78 is 0. The molecule has 2 bridgehead atoms. The summed E-state index contributed by atoms with van der Waals surface area (Å²) in [6.45, 7) is 0. The van der Waals surface area contributed by atoms with E-state index >= 15 is 0 Å². The highest BCUT2D eigenvalue weighted by Crippen LogP contribution is 2.35. The molecule has 108 valence electrons. The molecule has 2 aromatic rings. The lowest BCUT2D eigenvalue weighted by atomic mass is 9.99. The number of piperidine rings is 1. The SMILES string of the molecule is O=C(Nc1ccc2c(=O)[nH]ccc2c1)[C@@H]1N[C@@H]2CC[C@H]1C2. The minimum absolute atomic E-state index is 0.0337. The van der Waals surface area contributed by atoms with Crippen LogP contribution in [0.25, 0.3) is 10.8 Å². The summed E-state index contributed by atoms with van der Waals surface area (Å²) in [4.78, 5) is 26.7. The van der Waals surface area contributed by atoms with E-state index in [0.29, 0.717) is 17.3 Å². The summed E-state index contributed by atoms with van der Waals surface area (Å²) >= 11 is 0. The molecule has 0 radical (unpaired) electrons. The van der Waals surface area contributed by atoms with Gasteiger partial charge in [-0.15, -0.1) is 0 Å². The lowest BCUT2D eigenvalue weighted by molar-refractivity contribution is -0.119. The number of carbonyl (C=O) groups excluding carboxylic acids is 1. The molecular weight excluding hydrogens is 266 g/mol. The Hall–Kier alpha value is -2.14. The first-order valence-corrected chi connectivity index (χ1v) is 7.39. The molecule has 21 heavy (non-hydrogen) atoms. The van der Waals surface area contributed by atoms with Crippen molar-refractivity contribution in [2.45, 2.75) is 31.3 Å². The van der Waals surface area contributed by atoms with Gasteiger partial charge < -0.3 is 15.6 Å². The molecule has 2 aliphatic rings. The topological polar surface area (TPSA) is 74.0 Å². The molecule has 1 amide bonds. The number of anilines is 1. The average molecular weight is 283 g/mol. The van der Waals surface area contributed by atoms with Crippen molar-refractivity contribution in [3.05, 3.63) is 40.8 Å². The number of pyridine rings is 1. The van der Waals surface area contributed by atoms with Crippen molar-refractivity contribution in [3.8, 4) is 0 Å². The standard InChI is InChI=1S/C16H17N3O2/c20-15-13-4-3-12(7-9(13)5-6-17-15)19-16(21)14-10-1-2-11(8-10)18-14/h3-7,10-11,14,18H,1-2,8H2,(H,17,20)(H,19,21)/t10-,11+,14+/m0/s1. The first-order valence-electron chi connectivity index (χ1n) is 7.39. The second-order valence-electron chi connectivity index (χ2n) is 6.01. The van der Waals surface area contributed by atoms with Crippen LogP contribution in [0.4, 0.5) is 5.69 Å². The fraction of sp³-hybridized carbons (Fsp3) is 0.375. The fourth-order valence-electron chi connectivity index (χ4n) is 3.64. The van der Waals surface area contributed by atoms with E-state index in [-0.39, 0.29) is 17.5 Å². The van der Waals surface area contributed by atoms with Gasteiger partial charge in [0.1, 0.15) is 0 Å². The van der Waals surface area contributed by atoms with Gasteiger partial charge in [-0.1, -0.05) is 0 Å². The van der Waals surface area contributed by atoms with Gasteiger partial charge in [-0.05, 0) is 54.8 Å². The maximum Gasteiger partial charge on any atom is 0.255 e. The number of H-pyrrole nitrogens is 1. The van der Waals surface area contributed by atoms with Crippen molar-refractivity contribution >= 4 is 22.4 Å². The van der Waals surface area contributed by atoms with E-state index < -0.39 is 0 Å².